The highest BCUT2D eigenvalue weighted by atomic mass is 35.5. The summed E-state index contributed by atoms with van der Waals surface area (Å²) < 4.78 is 11.2. The van der Waals surface area contributed by atoms with E-state index >= 15 is 0 Å². The molecule has 0 heterocycles. The number of allylic oxidation sites excluding steroid dienone is 4. The van der Waals surface area contributed by atoms with Crippen LogP contribution in [0.15, 0.2) is 60.7 Å². The molecule has 0 radical (unpaired) electrons. The minimum atomic E-state index is -0.276. The number of rotatable bonds is 4. The molecule has 0 N–H and O–H groups in total. The minimum absolute atomic E-state index is 0.0375. The number of benzene rings is 3. The molecule has 5 rings (SSSR count). The van der Waals surface area contributed by atoms with Crippen molar-refractivity contribution >= 4 is 28.8 Å². The van der Waals surface area contributed by atoms with Gasteiger partial charge in [0.1, 0.15) is 11.5 Å². The maximum atomic E-state index is 7.36. The van der Waals surface area contributed by atoms with Crippen LogP contribution >= 0.6 is 23.2 Å². The third kappa shape index (κ3) is 4.46. The highest BCUT2D eigenvalue weighted by molar-refractivity contribution is 6.35. The normalized spacial score (nSPS) is 18.3. The Morgan fingerprint density at radius 1 is 0.763 bits per heavy atom. The van der Waals surface area contributed by atoms with Crippen molar-refractivity contribution in [2.24, 2.45) is 0 Å². The number of halogens is 2. The summed E-state index contributed by atoms with van der Waals surface area (Å²) in [5.41, 5.74) is 10.2. The average molecular weight is 548 g/mol. The highest BCUT2D eigenvalue weighted by Crippen LogP contribution is 2.55. The monoisotopic (exact) mass is 546 g/mol. The molecule has 4 heteroatoms. The highest BCUT2D eigenvalue weighted by Gasteiger charge is 2.37. The van der Waals surface area contributed by atoms with Crippen LogP contribution in [0, 0.1) is 0 Å². The Balaban J connectivity index is 1.72. The minimum Gasteiger partial charge on any atom is -0.497 e. The Bertz CT molecular complexity index is 1460. The van der Waals surface area contributed by atoms with E-state index < -0.39 is 0 Å². The summed E-state index contributed by atoms with van der Waals surface area (Å²) in [6.07, 6.45) is 6.57. The van der Waals surface area contributed by atoms with Crippen LogP contribution in [-0.2, 0) is 10.8 Å². The Morgan fingerprint density at radius 3 is 2.00 bits per heavy atom. The first-order valence-corrected chi connectivity index (χ1v) is 13.9. The zero-order valence-corrected chi connectivity index (χ0v) is 25.0. The van der Waals surface area contributed by atoms with Crippen LogP contribution < -0.4 is 9.47 Å². The molecule has 0 fully saturated rings. The van der Waals surface area contributed by atoms with Gasteiger partial charge in [-0.05, 0) is 73.5 Å². The molecule has 0 aromatic heterocycles. The lowest BCUT2D eigenvalue weighted by Gasteiger charge is -2.30. The van der Waals surface area contributed by atoms with E-state index in [9.17, 15) is 0 Å². The molecule has 38 heavy (non-hydrogen) atoms. The van der Waals surface area contributed by atoms with Crippen molar-refractivity contribution in [2.75, 3.05) is 14.2 Å². The quantitative estimate of drug-likeness (QED) is 0.303. The van der Waals surface area contributed by atoms with Gasteiger partial charge in [0.2, 0.25) is 0 Å². The molecule has 0 bridgehead atoms. The van der Waals surface area contributed by atoms with Gasteiger partial charge >= 0.3 is 0 Å². The van der Waals surface area contributed by atoms with Gasteiger partial charge in [-0.15, -0.1) is 11.6 Å². The summed E-state index contributed by atoms with van der Waals surface area (Å²) in [7, 11) is 3.36. The lowest BCUT2D eigenvalue weighted by atomic mass is 9.76. The van der Waals surface area contributed by atoms with Gasteiger partial charge in [-0.3, -0.25) is 0 Å². The molecule has 3 aromatic carbocycles. The van der Waals surface area contributed by atoms with E-state index in [1.165, 1.54) is 22.3 Å². The van der Waals surface area contributed by atoms with Crippen molar-refractivity contribution in [2.45, 2.75) is 63.7 Å². The summed E-state index contributed by atoms with van der Waals surface area (Å²) in [5.74, 6) is 1.57. The van der Waals surface area contributed by atoms with Gasteiger partial charge < -0.3 is 9.47 Å². The van der Waals surface area contributed by atoms with E-state index in [4.69, 9.17) is 32.7 Å². The fourth-order valence-electron chi connectivity index (χ4n) is 5.80. The van der Waals surface area contributed by atoms with Gasteiger partial charge in [0.25, 0.3) is 0 Å². The van der Waals surface area contributed by atoms with E-state index in [2.05, 4.69) is 96.2 Å². The summed E-state index contributed by atoms with van der Waals surface area (Å²) >= 11 is 14.5. The summed E-state index contributed by atoms with van der Waals surface area (Å²) in [4.78, 5) is 0. The third-order valence-corrected chi connectivity index (χ3v) is 8.60. The van der Waals surface area contributed by atoms with Crippen LogP contribution in [0.1, 0.15) is 86.2 Å². The van der Waals surface area contributed by atoms with E-state index in [1.54, 1.807) is 14.2 Å². The van der Waals surface area contributed by atoms with Gasteiger partial charge in [-0.1, -0.05) is 89.6 Å². The number of methoxy groups -OCH3 is 2. The SMILES string of the molecule is COc1cc(OC)cc(C2=CC=CC2c2cc3c(c(Cl)c2C(C)(C)C)C(Cl)c2cc(C(C)(C)C)ccc2-3)c1. The standard InChI is InChI=1S/C34H36Cl2O2/c1-33(2,3)20-12-13-25-26-18-27(30(34(4,5)6)32(36)29(26)31(35)28(25)16-20)24-11-9-10-23(24)19-14-21(37-7)17-22(15-19)38-8/h9-18,24,31H,1-8H3. The van der Waals surface area contributed by atoms with Crippen LogP contribution in [-0.4, -0.2) is 14.2 Å². The van der Waals surface area contributed by atoms with Crippen molar-refractivity contribution in [3.8, 4) is 22.6 Å². The summed E-state index contributed by atoms with van der Waals surface area (Å²) in [6, 6.07) is 15.1. The second-order valence-corrected chi connectivity index (χ2v) is 13.2. The molecular formula is C34H36Cl2O2. The zero-order chi connectivity index (χ0) is 27.6. The molecule has 2 unspecified atom stereocenters. The Morgan fingerprint density at radius 2 is 1.42 bits per heavy atom. The number of ether oxygens (including phenoxy) is 2. The summed E-state index contributed by atoms with van der Waals surface area (Å²) in [6.45, 7) is 13.4. The van der Waals surface area contributed by atoms with E-state index in [0.717, 1.165) is 44.3 Å². The van der Waals surface area contributed by atoms with Crippen LogP contribution in [0.3, 0.4) is 0 Å². The Kier molecular flexibility index (Phi) is 6.73. The Hall–Kier alpha value is -2.68. The number of alkyl halides is 1. The second-order valence-electron chi connectivity index (χ2n) is 12.4. The largest absolute Gasteiger partial charge is 0.497 e. The third-order valence-electron chi connectivity index (χ3n) is 7.75. The molecule has 2 nitrogen and oxygen atoms in total. The predicted molar refractivity (Wildman–Crippen MR) is 161 cm³/mol. The first-order valence-electron chi connectivity index (χ1n) is 13.1. The molecule has 2 atom stereocenters. The molecule has 0 saturated carbocycles. The molecule has 3 aromatic rings. The van der Waals surface area contributed by atoms with E-state index in [1.807, 2.05) is 6.07 Å². The Labute approximate surface area is 237 Å². The van der Waals surface area contributed by atoms with Crippen LogP contribution in [0.5, 0.6) is 11.5 Å². The van der Waals surface area contributed by atoms with Gasteiger partial charge in [-0.2, -0.15) is 0 Å². The lowest BCUT2D eigenvalue weighted by molar-refractivity contribution is 0.394. The topological polar surface area (TPSA) is 18.5 Å². The van der Waals surface area contributed by atoms with Crippen molar-refractivity contribution < 1.29 is 9.47 Å². The van der Waals surface area contributed by atoms with Crippen LogP contribution in [0.25, 0.3) is 16.7 Å². The van der Waals surface area contributed by atoms with Gasteiger partial charge in [0.05, 0.1) is 24.6 Å². The van der Waals surface area contributed by atoms with E-state index in [-0.39, 0.29) is 22.1 Å². The van der Waals surface area contributed by atoms with Gasteiger partial charge in [0.15, 0.2) is 0 Å². The molecule has 198 valence electrons. The lowest BCUT2D eigenvalue weighted by Crippen LogP contribution is -2.18. The maximum absolute atomic E-state index is 7.36. The zero-order valence-electron chi connectivity index (χ0n) is 23.5. The van der Waals surface area contributed by atoms with Crippen LogP contribution in [0.4, 0.5) is 0 Å². The fourth-order valence-corrected chi connectivity index (χ4v) is 6.87. The first-order chi connectivity index (χ1) is 17.8. The van der Waals surface area contributed by atoms with Gasteiger partial charge in [0, 0.05) is 17.5 Å². The molecule has 0 amide bonds. The molecule has 2 aliphatic rings. The number of hydrogen-bond donors (Lipinski definition) is 0. The maximum Gasteiger partial charge on any atom is 0.123 e. The average Bonchev–Trinajstić information content (AvgIpc) is 3.45. The van der Waals surface area contributed by atoms with Crippen molar-refractivity contribution in [1.82, 2.24) is 0 Å². The molecule has 2 aliphatic carbocycles. The number of fused-ring (bicyclic) bond motifs is 3. The second kappa shape index (κ2) is 9.50. The fraction of sp³-hybridized carbons (Fsp3) is 0.353. The number of hydrogen-bond acceptors (Lipinski definition) is 2. The van der Waals surface area contributed by atoms with Gasteiger partial charge in [-0.25, -0.2) is 0 Å². The van der Waals surface area contributed by atoms with Crippen LogP contribution in [0.2, 0.25) is 5.02 Å². The predicted octanol–water partition coefficient (Wildman–Crippen LogP) is 10.00. The van der Waals surface area contributed by atoms with Crippen molar-refractivity contribution in [3.63, 3.8) is 0 Å². The smallest absolute Gasteiger partial charge is 0.123 e. The summed E-state index contributed by atoms with van der Waals surface area (Å²) in [5, 5.41) is 0.503. The molecule has 0 spiro atoms. The van der Waals surface area contributed by atoms with Crippen molar-refractivity contribution in [3.05, 3.63) is 99.1 Å². The first kappa shape index (κ1) is 26.9. The molecular weight excluding hydrogens is 511 g/mol. The van der Waals surface area contributed by atoms with E-state index in [0.29, 0.717) is 0 Å². The molecule has 0 aliphatic heterocycles. The molecule has 0 saturated heterocycles. The van der Waals surface area contributed by atoms with Crippen molar-refractivity contribution in [1.29, 1.82) is 0 Å².